The maximum absolute atomic E-state index is 12.8. The smallest absolute Gasteiger partial charge is 0.249 e. The van der Waals surface area contributed by atoms with Crippen molar-refractivity contribution in [3.63, 3.8) is 0 Å². The number of rotatable bonds is 4. The molecule has 0 unspecified atom stereocenters. The van der Waals surface area contributed by atoms with E-state index in [0.717, 1.165) is 5.56 Å². The SMILES string of the molecule is CCC(=Cc1ccc(-c2ccc(F)cc2)o1)[N+](=O)[O-]. The van der Waals surface area contributed by atoms with E-state index in [9.17, 15) is 14.5 Å². The summed E-state index contributed by atoms with van der Waals surface area (Å²) < 4.78 is 18.3. The number of halogens is 1. The van der Waals surface area contributed by atoms with Crippen LogP contribution in [0.1, 0.15) is 19.1 Å². The number of furan rings is 1. The Bertz CT molecular complexity index is 614. The van der Waals surface area contributed by atoms with Crippen LogP contribution >= 0.6 is 0 Å². The Morgan fingerprint density at radius 3 is 2.58 bits per heavy atom. The maximum Gasteiger partial charge on any atom is 0.249 e. The van der Waals surface area contributed by atoms with Gasteiger partial charge in [0.25, 0.3) is 0 Å². The lowest BCUT2D eigenvalue weighted by Crippen LogP contribution is -1.95. The van der Waals surface area contributed by atoms with Gasteiger partial charge in [0, 0.05) is 12.0 Å². The van der Waals surface area contributed by atoms with Gasteiger partial charge < -0.3 is 4.42 Å². The fourth-order valence-electron chi connectivity index (χ4n) is 1.65. The Labute approximate surface area is 109 Å². The molecule has 0 atom stereocenters. The van der Waals surface area contributed by atoms with E-state index in [2.05, 4.69) is 0 Å². The van der Waals surface area contributed by atoms with Gasteiger partial charge in [-0.2, -0.15) is 0 Å². The summed E-state index contributed by atoms with van der Waals surface area (Å²) in [5, 5.41) is 10.7. The molecule has 0 spiro atoms. The van der Waals surface area contributed by atoms with Crippen molar-refractivity contribution in [2.45, 2.75) is 13.3 Å². The normalized spacial score (nSPS) is 11.6. The predicted octanol–water partition coefficient (Wildman–Crippen LogP) is 4.11. The molecule has 1 aromatic carbocycles. The summed E-state index contributed by atoms with van der Waals surface area (Å²) in [6.07, 6.45) is 1.71. The molecule has 2 aromatic rings. The lowest BCUT2D eigenvalue weighted by atomic mass is 10.2. The minimum absolute atomic E-state index is 0.0833. The third-order valence-corrected chi connectivity index (χ3v) is 2.66. The van der Waals surface area contributed by atoms with Gasteiger partial charge in [0.15, 0.2) is 0 Å². The molecule has 0 bridgehead atoms. The quantitative estimate of drug-likeness (QED) is 0.614. The van der Waals surface area contributed by atoms with Crippen LogP contribution in [0.5, 0.6) is 0 Å². The summed E-state index contributed by atoms with van der Waals surface area (Å²) in [5.74, 6) is 0.634. The Hall–Kier alpha value is -2.43. The molecule has 1 heterocycles. The monoisotopic (exact) mass is 261 g/mol. The molecule has 98 valence electrons. The predicted molar refractivity (Wildman–Crippen MR) is 69.4 cm³/mol. The number of benzene rings is 1. The van der Waals surface area contributed by atoms with Crippen molar-refractivity contribution in [2.24, 2.45) is 0 Å². The van der Waals surface area contributed by atoms with Crippen LogP contribution < -0.4 is 0 Å². The van der Waals surface area contributed by atoms with Crippen LogP contribution in [-0.4, -0.2) is 4.92 Å². The second-order valence-electron chi connectivity index (χ2n) is 3.96. The summed E-state index contributed by atoms with van der Waals surface area (Å²) in [5.41, 5.74) is 0.806. The van der Waals surface area contributed by atoms with Crippen LogP contribution in [0.2, 0.25) is 0 Å². The topological polar surface area (TPSA) is 56.3 Å². The number of nitrogens with zero attached hydrogens (tertiary/aromatic N) is 1. The number of allylic oxidation sites excluding steroid dienone is 1. The molecule has 4 nitrogen and oxygen atoms in total. The second-order valence-corrected chi connectivity index (χ2v) is 3.96. The molecule has 0 aliphatic rings. The van der Waals surface area contributed by atoms with Crippen molar-refractivity contribution in [1.82, 2.24) is 0 Å². The van der Waals surface area contributed by atoms with Crippen LogP contribution in [0.25, 0.3) is 17.4 Å². The molecule has 0 N–H and O–H groups in total. The van der Waals surface area contributed by atoms with E-state index in [1.807, 2.05) is 0 Å². The Kier molecular flexibility index (Phi) is 3.75. The number of hydrogen-bond acceptors (Lipinski definition) is 3. The number of hydrogen-bond donors (Lipinski definition) is 0. The lowest BCUT2D eigenvalue weighted by Gasteiger charge is -1.96. The van der Waals surface area contributed by atoms with E-state index in [4.69, 9.17) is 4.42 Å². The van der Waals surface area contributed by atoms with Crippen LogP contribution in [0.4, 0.5) is 4.39 Å². The third kappa shape index (κ3) is 3.07. The average Bonchev–Trinajstić information content (AvgIpc) is 2.85. The van der Waals surface area contributed by atoms with E-state index < -0.39 is 4.92 Å². The molecule has 0 radical (unpaired) electrons. The molecule has 1 aromatic heterocycles. The molecule has 0 fully saturated rings. The molecule has 19 heavy (non-hydrogen) atoms. The summed E-state index contributed by atoms with van der Waals surface area (Å²) >= 11 is 0. The van der Waals surface area contributed by atoms with Crippen LogP contribution in [0.15, 0.2) is 46.5 Å². The van der Waals surface area contributed by atoms with Gasteiger partial charge in [-0.1, -0.05) is 6.92 Å². The zero-order valence-corrected chi connectivity index (χ0v) is 10.3. The van der Waals surface area contributed by atoms with Crippen molar-refractivity contribution in [3.05, 3.63) is 63.8 Å². The van der Waals surface area contributed by atoms with E-state index in [1.54, 1.807) is 31.2 Å². The third-order valence-electron chi connectivity index (χ3n) is 2.66. The fourth-order valence-corrected chi connectivity index (χ4v) is 1.65. The molecule has 0 aliphatic heterocycles. The Morgan fingerprint density at radius 2 is 2.00 bits per heavy atom. The van der Waals surface area contributed by atoms with Crippen LogP contribution in [0.3, 0.4) is 0 Å². The summed E-state index contributed by atoms with van der Waals surface area (Å²) in [7, 11) is 0. The summed E-state index contributed by atoms with van der Waals surface area (Å²) in [6.45, 7) is 1.71. The molecule has 5 heteroatoms. The zero-order chi connectivity index (χ0) is 13.8. The number of nitro groups is 1. The van der Waals surface area contributed by atoms with Crippen molar-refractivity contribution in [3.8, 4) is 11.3 Å². The maximum atomic E-state index is 12.8. The Balaban J connectivity index is 2.29. The van der Waals surface area contributed by atoms with Crippen LogP contribution in [-0.2, 0) is 0 Å². The van der Waals surface area contributed by atoms with Gasteiger partial charge in [-0.3, -0.25) is 10.1 Å². The van der Waals surface area contributed by atoms with Gasteiger partial charge in [-0.05, 0) is 36.4 Å². The highest BCUT2D eigenvalue weighted by molar-refractivity contribution is 5.59. The van der Waals surface area contributed by atoms with Crippen molar-refractivity contribution in [1.29, 1.82) is 0 Å². The average molecular weight is 261 g/mol. The first-order valence-electron chi connectivity index (χ1n) is 5.81. The van der Waals surface area contributed by atoms with Crippen molar-refractivity contribution in [2.75, 3.05) is 0 Å². The molecular weight excluding hydrogens is 249 g/mol. The minimum Gasteiger partial charge on any atom is -0.456 e. The highest BCUT2D eigenvalue weighted by Gasteiger charge is 2.10. The highest BCUT2D eigenvalue weighted by atomic mass is 19.1. The second kappa shape index (κ2) is 5.48. The summed E-state index contributed by atoms with van der Waals surface area (Å²) in [4.78, 5) is 10.3. The standard InChI is InChI=1S/C14H12FNO3/c1-2-12(16(17)18)9-13-7-8-14(19-13)10-3-5-11(15)6-4-10/h3-9H,2H2,1H3. The minimum atomic E-state index is -0.430. The van der Waals surface area contributed by atoms with Gasteiger partial charge in [0.2, 0.25) is 5.70 Å². The zero-order valence-electron chi connectivity index (χ0n) is 10.3. The molecule has 0 amide bonds. The summed E-state index contributed by atoms with van der Waals surface area (Å²) in [6, 6.07) is 9.21. The van der Waals surface area contributed by atoms with Gasteiger partial charge in [0.05, 0.1) is 11.0 Å². The van der Waals surface area contributed by atoms with E-state index in [1.165, 1.54) is 18.2 Å². The molecule has 0 aliphatic carbocycles. The van der Waals surface area contributed by atoms with Gasteiger partial charge in [-0.25, -0.2) is 4.39 Å². The van der Waals surface area contributed by atoms with Gasteiger partial charge in [-0.15, -0.1) is 0 Å². The Morgan fingerprint density at radius 1 is 1.32 bits per heavy atom. The molecule has 0 saturated heterocycles. The molecular formula is C14H12FNO3. The van der Waals surface area contributed by atoms with E-state index in [-0.39, 0.29) is 11.5 Å². The first-order chi connectivity index (χ1) is 9.10. The van der Waals surface area contributed by atoms with Crippen LogP contribution in [0, 0.1) is 15.9 Å². The molecule has 0 saturated carbocycles. The van der Waals surface area contributed by atoms with E-state index >= 15 is 0 Å². The largest absolute Gasteiger partial charge is 0.456 e. The van der Waals surface area contributed by atoms with Gasteiger partial charge >= 0.3 is 0 Å². The van der Waals surface area contributed by atoms with Gasteiger partial charge in [0.1, 0.15) is 17.3 Å². The van der Waals surface area contributed by atoms with Crippen molar-refractivity contribution < 1.29 is 13.7 Å². The first-order valence-corrected chi connectivity index (χ1v) is 5.81. The first kappa shape index (κ1) is 13.0. The fraction of sp³-hybridized carbons (Fsp3) is 0.143. The molecule has 2 rings (SSSR count). The highest BCUT2D eigenvalue weighted by Crippen LogP contribution is 2.24. The van der Waals surface area contributed by atoms with E-state index in [0.29, 0.717) is 17.9 Å². The van der Waals surface area contributed by atoms with Crippen molar-refractivity contribution >= 4 is 6.08 Å². The lowest BCUT2D eigenvalue weighted by molar-refractivity contribution is -0.425.